The number of pyridine rings is 1. The van der Waals surface area contributed by atoms with Crippen molar-refractivity contribution in [2.45, 2.75) is 37.8 Å². The van der Waals surface area contributed by atoms with E-state index in [9.17, 15) is 22.8 Å². The highest BCUT2D eigenvalue weighted by Crippen LogP contribution is 2.36. The van der Waals surface area contributed by atoms with E-state index in [0.29, 0.717) is 56.3 Å². The Kier molecular flexibility index (Phi) is 8.36. The highest BCUT2D eigenvalue weighted by atomic mass is 19.4. The second kappa shape index (κ2) is 12.5. The second-order valence-corrected chi connectivity index (χ2v) is 11.2. The zero-order valence-corrected chi connectivity index (χ0v) is 24.0. The van der Waals surface area contributed by atoms with Crippen molar-refractivity contribution in [1.29, 1.82) is 0 Å². The number of carbonyl (C=O) groups excluding carboxylic acids is 2. The Labute approximate surface area is 252 Å². The van der Waals surface area contributed by atoms with Crippen LogP contribution < -0.4 is 15.1 Å². The van der Waals surface area contributed by atoms with E-state index in [1.165, 1.54) is 11.8 Å². The predicted octanol–water partition coefficient (Wildman–Crippen LogP) is 6.82. The van der Waals surface area contributed by atoms with Crippen LogP contribution in [-0.4, -0.2) is 47.8 Å². The molecule has 2 aliphatic heterocycles. The van der Waals surface area contributed by atoms with Gasteiger partial charge in [0.1, 0.15) is 5.82 Å². The molecule has 44 heavy (non-hydrogen) atoms. The van der Waals surface area contributed by atoms with Gasteiger partial charge >= 0.3 is 6.18 Å². The van der Waals surface area contributed by atoms with Gasteiger partial charge in [-0.05, 0) is 49.3 Å². The number of nitrogens with one attached hydrogen (secondary N) is 1. The van der Waals surface area contributed by atoms with E-state index in [0.717, 1.165) is 12.8 Å². The summed E-state index contributed by atoms with van der Waals surface area (Å²) in [4.78, 5) is 37.6. The number of rotatable bonds is 7. The van der Waals surface area contributed by atoms with Crippen molar-refractivity contribution < 1.29 is 27.2 Å². The molecular weight excluding hydrogens is 571 g/mol. The van der Waals surface area contributed by atoms with E-state index in [-0.39, 0.29) is 23.4 Å². The molecule has 0 radical (unpaired) electrons. The topological polar surface area (TPSA) is 91.6 Å². The summed E-state index contributed by atoms with van der Waals surface area (Å²) in [5, 5.41) is 2.47. The van der Waals surface area contributed by atoms with E-state index in [2.05, 4.69) is 15.3 Å². The van der Waals surface area contributed by atoms with Crippen LogP contribution in [-0.2, 0) is 6.18 Å². The molecule has 0 bridgehead atoms. The Morgan fingerprint density at radius 3 is 2.07 bits per heavy atom. The van der Waals surface area contributed by atoms with Crippen molar-refractivity contribution in [3.8, 4) is 0 Å². The minimum Gasteiger partial charge on any atom is -0.417 e. The van der Waals surface area contributed by atoms with Crippen LogP contribution in [0.2, 0.25) is 0 Å². The third kappa shape index (κ3) is 6.46. The van der Waals surface area contributed by atoms with Crippen LogP contribution in [0.4, 0.5) is 30.7 Å². The lowest BCUT2D eigenvalue weighted by Crippen LogP contribution is -2.36. The molecule has 2 saturated heterocycles. The fourth-order valence-corrected chi connectivity index (χ4v) is 5.96. The van der Waals surface area contributed by atoms with Gasteiger partial charge in [-0.3, -0.25) is 9.59 Å². The van der Waals surface area contributed by atoms with Gasteiger partial charge in [0.2, 0.25) is 5.76 Å². The maximum Gasteiger partial charge on any atom is 0.437 e. The summed E-state index contributed by atoms with van der Waals surface area (Å²) in [5.41, 5.74) is 0.776. The number of amides is 1. The lowest BCUT2D eigenvalue weighted by Gasteiger charge is -2.32. The molecule has 4 aromatic rings. The molecule has 8 nitrogen and oxygen atoms in total. The van der Waals surface area contributed by atoms with E-state index in [1.54, 1.807) is 17.0 Å². The number of piperidine rings is 2. The Morgan fingerprint density at radius 2 is 1.45 bits per heavy atom. The molecule has 0 aliphatic carbocycles. The van der Waals surface area contributed by atoms with Gasteiger partial charge in [0, 0.05) is 37.7 Å². The fourth-order valence-electron chi connectivity index (χ4n) is 5.96. The van der Waals surface area contributed by atoms with Crippen LogP contribution in [0, 0.1) is 5.92 Å². The van der Waals surface area contributed by atoms with Crippen LogP contribution in [0.5, 0.6) is 0 Å². The zero-order chi connectivity index (χ0) is 30.7. The molecule has 2 aromatic heterocycles. The Bertz CT molecular complexity index is 1580. The lowest BCUT2D eigenvalue weighted by molar-refractivity contribution is -0.141. The first kappa shape index (κ1) is 29.4. The maximum absolute atomic E-state index is 13.9. The number of hydrogen-bond donors (Lipinski definition) is 1. The van der Waals surface area contributed by atoms with E-state index in [4.69, 9.17) is 4.42 Å². The summed E-state index contributed by atoms with van der Waals surface area (Å²) in [6, 6.07) is 22.3. The normalized spacial score (nSPS) is 16.6. The Morgan fingerprint density at radius 1 is 0.818 bits per heavy atom. The van der Waals surface area contributed by atoms with E-state index >= 15 is 0 Å². The quantitative estimate of drug-likeness (QED) is 0.232. The fraction of sp³-hybridized carbons (Fsp3) is 0.333. The Balaban J connectivity index is 1.08. The van der Waals surface area contributed by atoms with Crippen molar-refractivity contribution in [1.82, 2.24) is 9.97 Å². The van der Waals surface area contributed by atoms with Crippen molar-refractivity contribution in [2.75, 3.05) is 41.3 Å². The maximum atomic E-state index is 13.9. The van der Waals surface area contributed by atoms with E-state index < -0.39 is 23.5 Å². The number of oxazole rings is 1. The minimum atomic E-state index is -4.87. The summed E-state index contributed by atoms with van der Waals surface area (Å²) in [6.07, 6.45) is -0.638. The molecule has 228 valence electrons. The molecule has 4 heterocycles. The number of alkyl halides is 3. The smallest absolute Gasteiger partial charge is 0.417 e. The summed E-state index contributed by atoms with van der Waals surface area (Å²) < 4.78 is 47.1. The molecule has 0 unspecified atom stereocenters. The molecule has 2 fully saturated rings. The predicted molar refractivity (Wildman–Crippen MR) is 160 cm³/mol. The molecule has 0 spiro atoms. The van der Waals surface area contributed by atoms with Crippen LogP contribution in [0.15, 0.2) is 83.4 Å². The summed E-state index contributed by atoms with van der Waals surface area (Å²) in [6.45, 7) is 2.20. The van der Waals surface area contributed by atoms with Crippen LogP contribution in [0.3, 0.4) is 0 Å². The first-order chi connectivity index (χ1) is 21.3. The highest BCUT2D eigenvalue weighted by Gasteiger charge is 2.42. The summed E-state index contributed by atoms with van der Waals surface area (Å²) in [7, 11) is 0. The van der Waals surface area contributed by atoms with Crippen LogP contribution in [0.25, 0.3) is 0 Å². The number of Topliss-reactive ketones (excluding diaryl/α,β-unsaturated/α-hetero) is 1. The van der Waals surface area contributed by atoms with Crippen molar-refractivity contribution in [2.24, 2.45) is 5.92 Å². The largest absolute Gasteiger partial charge is 0.437 e. The molecule has 6 rings (SSSR count). The number of hydrogen-bond acceptors (Lipinski definition) is 7. The van der Waals surface area contributed by atoms with Crippen molar-refractivity contribution >= 4 is 29.2 Å². The number of nitrogens with zero attached hydrogens (tertiary/aromatic N) is 4. The Hall–Kier alpha value is -4.67. The van der Waals surface area contributed by atoms with Gasteiger partial charge in [-0.15, -0.1) is 0 Å². The monoisotopic (exact) mass is 603 g/mol. The van der Waals surface area contributed by atoms with Gasteiger partial charge < -0.3 is 19.5 Å². The highest BCUT2D eigenvalue weighted by molar-refractivity contribution is 6.03. The molecule has 2 aliphatic rings. The van der Waals surface area contributed by atoms with Gasteiger partial charge in [0.05, 0.1) is 11.9 Å². The third-order valence-electron chi connectivity index (χ3n) is 8.38. The molecular formula is C33H32F3N5O3. The number of carbonyl (C=O) groups is 2. The molecule has 1 amide bonds. The average Bonchev–Trinajstić information content (AvgIpc) is 3.53. The lowest BCUT2D eigenvalue weighted by atomic mass is 9.89. The number of benzene rings is 2. The van der Waals surface area contributed by atoms with Crippen molar-refractivity contribution in [3.63, 3.8) is 0 Å². The number of halogens is 3. The van der Waals surface area contributed by atoms with Gasteiger partial charge in [0.25, 0.3) is 11.9 Å². The zero-order valence-electron chi connectivity index (χ0n) is 24.0. The third-order valence-corrected chi connectivity index (χ3v) is 8.38. The molecule has 0 atom stereocenters. The standard InChI is InChI=1S/C33H32F3N5O3/c34-33(35,36)30-29(44-32(39-30)41-19-13-23(14-20-41)22-7-3-1-4-8-22)31(43)38-26-11-12-27(37-21-26)40-17-15-25(16-18-40)28(42)24-9-5-2-6-10-24/h1-12,21,23,25H,13-20H2,(H,38,43). The molecule has 0 saturated carbocycles. The van der Waals surface area contributed by atoms with E-state index in [1.807, 2.05) is 65.6 Å². The number of ketones is 1. The minimum absolute atomic E-state index is 0.0583. The van der Waals surface area contributed by atoms with Crippen LogP contribution in [0.1, 0.15) is 63.8 Å². The number of aromatic nitrogens is 2. The molecule has 1 N–H and O–H groups in total. The van der Waals surface area contributed by atoms with Gasteiger partial charge in [-0.25, -0.2) is 4.98 Å². The second-order valence-electron chi connectivity index (χ2n) is 11.2. The van der Waals surface area contributed by atoms with Gasteiger partial charge in [-0.2, -0.15) is 18.2 Å². The first-order valence-electron chi connectivity index (χ1n) is 14.8. The summed E-state index contributed by atoms with van der Waals surface area (Å²) >= 11 is 0. The molecule has 2 aromatic carbocycles. The summed E-state index contributed by atoms with van der Waals surface area (Å²) in [5.74, 6) is -0.896. The van der Waals surface area contributed by atoms with Crippen molar-refractivity contribution in [3.05, 3.63) is 102 Å². The first-order valence-corrected chi connectivity index (χ1v) is 14.8. The van der Waals surface area contributed by atoms with Crippen LogP contribution >= 0.6 is 0 Å². The number of anilines is 3. The molecule has 11 heteroatoms. The van der Waals surface area contributed by atoms with Gasteiger partial charge in [-0.1, -0.05) is 60.7 Å². The SMILES string of the molecule is O=C(Nc1ccc(N2CCC(C(=O)c3ccccc3)CC2)nc1)c1oc(N2CCC(c3ccccc3)CC2)nc1C(F)(F)F. The van der Waals surface area contributed by atoms with Gasteiger partial charge in [0.15, 0.2) is 11.5 Å². The average molecular weight is 604 g/mol.